The van der Waals surface area contributed by atoms with Gasteiger partial charge in [0, 0.05) is 53.8 Å². The van der Waals surface area contributed by atoms with Crippen LogP contribution in [-0.2, 0) is 0 Å². The molecule has 0 saturated heterocycles. The first-order valence-electron chi connectivity index (χ1n) is 13.4. The Labute approximate surface area is 230 Å². The smallest absolute Gasteiger partial charge is 0.143 e. The van der Waals surface area contributed by atoms with Crippen molar-refractivity contribution in [3.63, 3.8) is 0 Å². The Bertz CT molecular complexity index is 2070. The molecule has 0 fully saturated rings. The lowest BCUT2D eigenvalue weighted by Crippen LogP contribution is -2.04. The van der Waals surface area contributed by atoms with Crippen LogP contribution in [0.25, 0.3) is 53.2 Å². The molecule has 0 radical (unpaired) electrons. The third kappa shape index (κ3) is 3.77. The summed E-state index contributed by atoms with van der Waals surface area (Å²) in [6.45, 7) is 0. The summed E-state index contributed by atoms with van der Waals surface area (Å²) in [4.78, 5) is 0. The number of hydrogen-bond donors (Lipinski definition) is 1. The summed E-state index contributed by atoms with van der Waals surface area (Å²) in [5.74, 6) is 0.388. The van der Waals surface area contributed by atoms with Crippen LogP contribution < -0.4 is 5.32 Å². The average molecular weight is 520 g/mol. The van der Waals surface area contributed by atoms with Crippen LogP contribution in [0.15, 0.2) is 138 Å². The number of para-hydroxylation sites is 2. The van der Waals surface area contributed by atoms with Crippen LogP contribution in [-0.4, -0.2) is 0 Å². The molecule has 7 aromatic rings. The first kappa shape index (κ1) is 22.4. The van der Waals surface area contributed by atoms with E-state index in [-0.39, 0.29) is 0 Å². The molecule has 0 amide bonds. The molecule has 0 bridgehead atoms. The number of thiophene rings is 1. The first-order chi connectivity index (χ1) is 19.3. The Hall–Kier alpha value is -4.60. The highest BCUT2D eigenvalue weighted by molar-refractivity contribution is 7.26. The van der Waals surface area contributed by atoms with Gasteiger partial charge in [-0.3, -0.25) is 0 Å². The Morgan fingerprint density at radius 3 is 2.33 bits per heavy atom. The number of fused-ring (bicyclic) bond motifs is 6. The van der Waals surface area contributed by atoms with Crippen LogP contribution in [0.2, 0.25) is 0 Å². The molecule has 3 heteroatoms. The molecule has 1 N–H and O–H groups in total. The van der Waals surface area contributed by atoms with E-state index in [1.54, 1.807) is 0 Å². The van der Waals surface area contributed by atoms with E-state index in [1.165, 1.54) is 25.7 Å². The maximum absolute atomic E-state index is 6.25. The van der Waals surface area contributed by atoms with Crippen molar-refractivity contribution in [3.8, 4) is 11.1 Å². The van der Waals surface area contributed by atoms with Crippen LogP contribution in [0.3, 0.4) is 0 Å². The van der Waals surface area contributed by atoms with E-state index in [2.05, 4.69) is 121 Å². The van der Waals surface area contributed by atoms with Crippen LogP contribution in [0.4, 0.5) is 5.69 Å². The lowest BCUT2D eigenvalue weighted by Gasteiger charge is -2.18. The Morgan fingerprint density at radius 2 is 1.46 bits per heavy atom. The molecule has 2 nitrogen and oxygen atoms in total. The molecule has 0 aliphatic heterocycles. The molecule has 0 saturated carbocycles. The van der Waals surface area contributed by atoms with Crippen molar-refractivity contribution in [2.75, 3.05) is 5.32 Å². The van der Waals surface area contributed by atoms with Crippen LogP contribution in [0.5, 0.6) is 0 Å². The number of hydrogen-bond acceptors (Lipinski definition) is 3. The topological polar surface area (TPSA) is 25.2 Å². The zero-order chi connectivity index (χ0) is 25.8. The highest BCUT2D eigenvalue weighted by Crippen LogP contribution is 2.41. The molecule has 5 aromatic carbocycles. The zero-order valence-electron chi connectivity index (χ0n) is 21.2. The maximum Gasteiger partial charge on any atom is 0.143 e. The van der Waals surface area contributed by atoms with Crippen molar-refractivity contribution in [2.24, 2.45) is 0 Å². The normalized spacial score (nSPS) is 15.4. The summed E-state index contributed by atoms with van der Waals surface area (Å²) >= 11 is 1.91. The van der Waals surface area contributed by atoms with Crippen molar-refractivity contribution in [3.05, 3.63) is 139 Å². The zero-order valence-corrected chi connectivity index (χ0v) is 22.0. The van der Waals surface area contributed by atoms with Gasteiger partial charge in [-0.25, -0.2) is 0 Å². The third-order valence-corrected chi connectivity index (χ3v) is 9.06. The highest BCUT2D eigenvalue weighted by atomic mass is 32.1. The summed E-state index contributed by atoms with van der Waals surface area (Å²) in [5.41, 5.74) is 7.77. The largest absolute Gasteiger partial charge is 0.455 e. The summed E-state index contributed by atoms with van der Waals surface area (Å²) in [7, 11) is 0. The summed E-state index contributed by atoms with van der Waals surface area (Å²) in [5, 5.41) is 8.64. The quantitative estimate of drug-likeness (QED) is 0.250. The molecular formula is C36H25NOS. The molecule has 8 rings (SSSR count). The van der Waals surface area contributed by atoms with Crippen LogP contribution in [0, 0.1) is 0 Å². The van der Waals surface area contributed by atoms with E-state index in [0.29, 0.717) is 5.92 Å². The van der Waals surface area contributed by atoms with Gasteiger partial charge in [0.1, 0.15) is 11.2 Å². The van der Waals surface area contributed by atoms with Crippen molar-refractivity contribution < 1.29 is 4.42 Å². The minimum atomic E-state index is 0.388. The van der Waals surface area contributed by atoms with Gasteiger partial charge in [0.2, 0.25) is 0 Å². The van der Waals surface area contributed by atoms with E-state index >= 15 is 0 Å². The maximum atomic E-state index is 6.25. The van der Waals surface area contributed by atoms with Gasteiger partial charge in [-0.2, -0.15) is 0 Å². The molecule has 1 aliphatic carbocycles. The molecule has 39 heavy (non-hydrogen) atoms. The van der Waals surface area contributed by atoms with Gasteiger partial charge in [0.05, 0.1) is 0 Å². The fourth-order valence-corrected chi connectivity index (χ4v) is 7.16. The van der Waals surface area contributed by atoms with E-state index in [1.807, 2.05) is 23.5 Å². The van der Waals surface area contributed by atoms with E-state index in [9.17, 15) is 0 Å². The predicted octanol–water partition coefficient (Wildman–Crippen LogP) is 10.7. The van der Waals surface area contributed by atoms with Gasteiger partial charge in [-0.1, -0.05) is 97.1 Å². The molecule has 2 aromatic heterocycles. The standard InChI is InChI=1S/C36H25NOS/c1-3-13-33-29(7-1)31-11-5-9-27(35(31)38-33)23-15-19-25(20-16-23)37-26-21-17-24(18-22-26)28-10-6-12-32-30-8-2-4-14-34(30)39-36(28)32/h1-17,19-22,24,37H,18H2. The fraction of sp³-hybridized carbons (Fsp3) is 0.0556. The second-order valence-electron chi connectivity index (χ2n) is 10.2. The van der Waals surface area contributed by atoms with Crippen molar-refractivity contribution in [1.29, 1.82) is 0 Å². The van der Waals surface area contributed by atoms with Crippen molar-refractivity contribution >= 4 is 59.1 Å². The molecule has 2 heterocycles. The minimum absolute atomic E-state index is 0.388. The van der Waals surface area contributed by atoms with Gasteiger partial charge >= 0.3 is 0 Å². The van der Waals surface area contributed by atoms with Gasteiger partial charge in [0.15, 0.2) is 0 Å². The second kappa shape index (κ2) is 9.00. The second-order valence-corrected chi connectivity index (χ2v) is 11.2. The molecule has 1 atom stereocenters. The van der Waals surface area contributed by atoms with Crippen LogP contribution >= 0.6 is 11.3 Å². The van der Waals surface area contributed by atoms with Crippen molar-refractivity contribution in [2.45, 2.75) is 12.3 Å². The number of furan rings is 1. The number of allylic oxidation sites excluding steroid dienone is 3. The van der Waals surface area contributed by atoms with Gasteiger partial charge in [-0.05, 0) is 47.9 Å². The number of rotatable bonds is 4. The minimum Gasteiger partial charge on any atom is -0.455 e. The molecular weight excluding hydrogens is 494 g/mol. The van der Waals surface area contributed by atoms with Crippen molar-refractivity contribution in [1.82, 2.24) is 0 Å². The predicted molar refractivity (Wildman–Crippen MR) is 167 cm³/mol. The molecule has 0 spiro atoms. The average Bonchev–Trinajstić information content (AvgIpc) is 3.57. The molecule has 186 valence electrons. The van der Waals surface area contributed by atoms with E-state index in [4.69, 9.17) is 4.42 Å². The van der Waals surface area contributed by atoms with Gasteiger partial charge in [-0.15, -0.1) is 11.3 Å². The Morgan fingerprint density at radius 1 is 0.692 bits per heavy atom. The SMILES string of the molecule is C1=CC(c2cccc3c2sc2ccccc23)CC=C1Nc1ccc(-c2cccc3c2oc2ccccc23)cc1. The summed E-state index contributed by atoms with van der Waals surface area (Å²) < 4.78 is 9.02. The molecule has 1 aliphatic rings. The number of nitrogens with one attached hydrogen (secondary N) is 1. The van der Waals surface area contributed by atoms with Gasteiger partial charge in [0.25, 0.3) is 0 Å². The Balaban J connectivity index is 1.03. The fourth-order valence-electron chi connectivity index (χ4n) is 5.88. The lowest BCUT2D eigenvalue weighted by molar-refractivity contribution is 0.670. The third-order valence-electron chi connectivity index (χ3n) is 7.82. The summed E-state index contributed by atoms with van der Waals surface area (Å²) in [6, 6.07) is 38.7. The number of benzene rings is 5. The Kier molecular flexibility index (Phi) is 5.17. The number of anilines is 1. The first-order valence-corrected chi connectivity index (χ1v) is 14.2. The highest BCUT2D eigenvalue weighted by Gasteiger charge is 2.17. The monoisotopic (exact) mass is 519 g/mol. The van der Waals surface area contributed by atoms with E-state index < -0.39 is 0 Å². The van der Waals surface area contributed by atoms with Gasteiger partial charge < -0.3 is 9.73 Å². The lowest BCUT2D eigenvalue weighted by atomic mass is 9.90. The molecule has 1 unspecified atom stereocenters. The van der Waals surface area contributed by atoms with E-state index in [0.717, 1.165) is 50.9 Å². The summed E-state index contributed by atoms with van der Waals surface area (Å²) in [6.07, 6.45) is 7.87. The van der Waals surface area contributed by atoms with Crippen LogP contribution in [0.1, 0.15) is 17.9 Å².